The molecular formula is C79H140O17P2. The molecule has 0 radical (unpaired) electrons. The highest BCUT2D eigenvalue weighted by Gasteiger charge is 2.30. The highest BCUT2D eigenvalue weighted by atomic mass is 31.2. The summed E-state index contributed by atoms with van der Waals surface area (Å²) in [6, 6.07) is 0. The molecule has 0 bridgehead atoms. The molecule has 0 aliphatic rings. The molecule has 0 rings (SSSR count). The number of allylic oxidation sites excluding steroid dienone is 14. The smallest absolute Gasteiger partial charge is 0.462 e. The maximum Gasteiger partial charge on any atom is 0.472 e. The second-order valence-electron chi connectivity index (χ2n) is 25.9. The molecule has 0 saturated heterocycles. The van der Waals surface area contributed by atoms with Gasteiger partial charge in [-0.2, -0.15) is 0 Å². The molecular weight excluding hydrogens is 1280 g/mol. The van der Waals surface area contributed by atoms with Gasteiger partial charge >= 0.3 is 39.5 Å². The highest BCUT2D eigenvalue weighted by molar-refractivity contribution is 7.47. The summed E-state index contributed by atoms with van der Waals surface area (Å²) < 4.78 is 68.4. The van der Waals surface area contributed by atoms with Crippen LogP contribution in [0.2, 0.25) is 0 Å². The SMILES string of the molecule is CC/C=C\C/C=C\C/C=C\C/C=C\C/C=C\C/C=C\CCC(=O)OCC(COP(=O)(O)OCC(O)COP(=O)(O)OCC(COC(=O)CCCCCCC/C=C\CCCCCC)OC(=O)CCCCCCCCCCCCCCC)OC(=O)CCCCCCCCCCCCCCC. The van der Waals surface area contributed by atoms with Crippen LogP contribution in [0.5, 0.6) is 0 Å². The van der Waals surface area contributed by atoms with Gasteiger partial charge in [-0.15, -0.1) is 0 Å². The summed E-state index contributed by atoms with van der Waals surface area (Å²) in [7, 11) is -9.96. The number of hydrogen-bond donors (Lipinski definition) is 3. The Kier molecular flexibility index (Phi) is 68.9. The molecule has 17 nitrogen and oxygen atoms in total. The molecule has 0 amide bonds. The predicted molar refractivity (Wildman–Crippen MR) is 399 cm³/mol. The molecule has 568 valence electrons. The molecule has 5 unspecified atom stereocenters. The first-order valence-corrected chi connectivity index (χ1v) is 41.8. The van der Waals surface area contributed by atoms with Gasteiger partial charge in [0, 0.05) is 25.7 Å². The van der Waals surface area contributed by atoms with Gasteiger partial charge in [0.1, 0.15) is 19.3 Å². The average Bonchev–Trinajstić information content (AvgIpc) is 0.966. The maximum absolute atomic E-state index is 13.1. The van der Waals surface area contributed by atoms with Crippen LogP contribution < -0.4 is 0 Å². The van der Waals surface area contributed by atoms with E-state index in [2.05, 4.69) is 94.5 Å². The molecule has 0 aromatic rings. The number of phosphoric ester groups is 2. The zero-order chi connectivity index (χ0) is 71.8. The van der Waals surface area contributed by atoms with E-state index >= 15 is 0 Å². The van der Waals surface area contributed by atoms with Gasteiger partial charge in [-0.3, -0.25) is 37.3 Å². The van der Waals surface area contributed by atoms with Gasteiger partial charge in [0.05, 0.1) is 26.4 Å². The van der Waals surface area contributed by atoms with Crippen LogP contribution in [0, 0.1) is 0 Å². The van der Waals surface area contributed by atoms with Crippen LogP contribution in [0.3, 0.4) is 0 Å². The number of rotatable bonds is 73. The lowest BCUT2D eigenvalue weighted by Gasteiger charge is -2.21. The van der Waals surface area contributed by atoms with E-state index in [-0.39, 0.29) is 25.7 Å². The van der Waals surface area contributed by atoms with Gasteiger partial charge in [-0.05, 0) is 89.9 Å². The predicted octanol–water partition coefficient (Wildman–Crippen LogP) is 22.2. The molecule has 0 aliphatic carbocycles. The van der Waals surface area contributed by atoms with Crippen molar-refractivity contribution in [3.63, 3.8) is 0 Å². The van der Waals surface area contributed by atoms with Gasteiger partial charge < -0.3 is 33.8 Å². The molecule has 19 heteroatoms. The number of carbonyl (C=O) groups excluding carboxylic acids is 4. The Morgan fingerprint density at radius 3 is 0.888 bits per heavy atom. The normalized spacial score (nSPS) is 14.4. The number of esters is 4. The van der Waals surface area contributed by atoms with Gasteiger partial charge in [-0.25, -0.2) is 9.13 Å². The second-order valence-corrected chi connectivity index (χ2v) is 28.8. The lowest BCUT2D eigenvalue weighted by Crippen LogP contribution is -2.30. The van der Waals surface area contributed by atoms with E-state index in [1.807, 2.05) is 18.2 Å². The molecule has 0 saturated carbocycles. The summed E-state index contributed by atoms with van der Waals surface area (Å²) in [4.78, 5) is 72.8. The summed E-state index contributed by atoms with van der Waals surface area (Å²) in [5.74, 6) is -2.26. The molecule has 0 aromatic heterocycles. The Bertz CT molecular complexity index is 2190. The number of aliphatic hydroxyl groups excluding tert-OH is 1. The van der Waals surface area contributed by atoms with E-state index in [4.69, 9.17) is 37.0 Å². The number of unbranched alkanes of at least 4 members (excludes halogenated alkanes) is 33. The van der Waals surface area contributed by atoms with Gasteiger partial charge in [0.2, 0.25) is 0 Å². The van der Waals surface area contributed by atoms with Crippen molar-refractivity contribution in [2.45, 2.75) is 354 Å². The Morgan fingerprint density at radius 1 is 0.296 bits per heavy atom. The zero-order valence-electron chi connectivity index (χ0n) is 62.0. The van der Waals surface area contributed by atoms with E-state index in [0.717, 1.165) is 122 Å². The summed E-state index contributed by atoms with van der Waals surface area (Å²) in [6.45, 7) is 4.69. The topological polar surface area (TPSA) is 237 Å². The molecule has 5 atom stereocenters. The number of aliphatic hydroxyl groups is 1. The van der Waals surface area contributed by atoms with Crippen molar-refractivity contribution in [2.24, 2.45) is 0 Å². The summed E-state index contributed by atoms with van der Waals surface area (Å²) >= 11 is 0. The minimum atomic E-state index is -4.98. The van der Waals surface area contributed by atoms with Crippen LogP contribution in [0.1, 0.15) is 336 Å². The summed E-state index contributed by atoms with van der Waals surface area (Å²) in [5.41, 5.74) is 0. The molecule has 0 fully saturated rings. The van der Waals surface area contributed by atoms with Gasteiger partial charge in [0.15, 0.2) is 12.2 Å². The molecule has 0 aliphatic heterocycles. The lowest BCUT2D eigenvalue weighted by molar-refractivity contribution is -0.161. The molecule has 3 N–H and O–H groups in total. The van der Waals surface area contributed by atoms with Crippen LogP contribution >= 0.6 is 15.6 Å². The van der Waals surface area contributed by atoms with Crippen molar-refractivity contribution in [3.05, 3.63) is 85.1 Å². The van der Waals surface area contributed by atoms with E-state index < -0.39 is 97.5 Å². The van der Waals surface area contributed by atoms with Crippen LogP contribution in [0.25, 0.3) is 0 Å². The van der Waals surface area contributed by atoms with Crippen molar-refractivity contribution in [2.75, 3.05) is 39.6 Å². The quantitative estimate of drug-likeness (QED) is 0.0169. The fourth-order valence-corrected chi connectivity index (χ4v) is 12.1. The van der Waals surface area contributed by atoms with E-state index in [1.54, 1.807) is 0 Å². The number of carbonyl (C=O) groups is 4. The Hall–Kier alpha value is -3.76. The van der Waals surface area contributed by atoms with Crippen LogP contribution in [-0.2, 0) is 65.4 Å². The number of hydrogen-bond acceptors (Lipinski definition) is 15. The fraction of sp³-hybridized carbons (Fsp3) is 0.772. The molecule has 0 heterocycles. The van der Waals surface area contributed by atoms with Crippen molar-refractivity contribution in [1.82, 2.24) is 0 Å². The summed E-state index contributed by atoms with van der Waals surface area (Å²) in [6.07, 6.45) is 73.0. The van der Waals surface area contributed by atoms with Crippen LogP contribution in [0.4, 0.5) is 0 Å². The molecule has 98 heavy (non-hydrogen) atoms. The van der Waals surface area contributed by atoms with Crippen LogP contribution in [-0.4, -0.2) is 96.7 Å². The van der Waals surface area contributed by atoms with Crippen molar-refractivity contribution in [1.29, 1.82) is 0 Å². The van der Waals surface area contributed by atoms with E-state index in [0.29, 0.717) is 32.1 Å². The summed E-state index contributed by atoms with van der Waals surface area (Å²) in [5, 5.41) is 10.6. The number of phosphoric acid groups is 2. The molecule has 0 aromatic carbocycles. The maximum atomic E-state index is 13.1. The third kappa shape index (κ3) is 70.7. The van der Waals surface area contributed by atoms with Crippen molar-refractivity contribution in [3.8, 4) is 0 Å². The van der Waals surface area contributed by atoms with Crippen molar-refractivity contribution >= 4 is 39.5 Å². The Morgan fingerprint density at radius 2 is 0.551 bits per heavy atom. The zero-order valence-corrected chi connectivity index (χ0v) is 63.7. The minimum Gasteiger partial charge on any atom is -0.462 e. The van der Waals surface area contributed by atoms with Crippen LogP contribution in [0.15, 0.2) is 85.1 Å². The van der Waals surface area contributed by atoms with E-state index in [9.17, 15) is 43.2 Å². The van der Waals surface area contributed by atoms with Gasteiger partial charge in [-0.1, -0.05) is 305 Å². The third-order valence-corrected chi connectivity index (χ3v) is 18.3. The molecule has 0 spiro atoms. The van der Waals surface area contributed by atoms with E-state index in [1.165, 1.54) is 128 Å². The van der Waals surface area contributed by atoms with Crippen molar-refractivity contribution < 1.29 is 80.2 Å². The lowest BCUT2D eigenvalue weighted by atomic mass is 10.0. The standard InChI is InChI=1S/C79H140O17P2/c1-5-9-13-17-21-25-29-33-34-35-36-37-38-42-44-48-52-56-60-64-77(82)90-70-75(96-79(84)66-62-58-54-50-46-41-32-28-24-20-16-12-8-4)72-94-98(87,88)92-68-73(80)67-91-97(85,86)93-71-74(95-78(83)65-61-57-53-49-45-40-31-27-23-19-15-11-7-3)69-89-76(81)63-59-55-51-47-43-39-30-26-22-18-14-10-6-2/h9,13,21,25-26,30,33-34,36-37,42,44,52,56,73-75,80H,5-8,10-12,14-20,22-24,27-29,31-32,35,38-41,43,45-51,53-55,57-72H2,1-4H3,(H,85,86)(H,87,88)/b13-9-,25-21-,30-26-,34-33-,37-36-,44-42-,56-52-. The average molecular weight is 1420 g/mol. The minimum absolute atomic E-state index is 0.0391. The first-order valence-electron chi connectivity index (χ1n) is 38.8. The van der Waals surface area contributed by atoms with Gasteiger partial charge in [0.25, 0.3) is 0 Å². The third-order valence-electron chi connectivity index (χ3n) is 16.4. The second kappa shape index (κ2) is 71.6. The first kappa shape index (κ1) is 94.2. The Balaban J connectivity index is 5.37. The fourth-order valence-electron chi connectivity index (χ4n) is 10.5. The number of ether oxygens (including phenoxy) is 4. The largest absolute Gasteiger partial charge is 0.472 e. The first-order chi connectivity index (χ1) is 47.7. The monoisotopic (exact) mass is 1420 g/mol. The Labute approximate surface area is 595 Å². The highest BCUT2D eigenvalue weighted by Crippen LogP contribution is 2.45.